The topological polar surface area (TPSA) is 73.7 Å². The lowest BCUT2D eigenvalue weighted by atomic mass is 9.81. The molecule has 33 heavy (non-hydrogen) atoms. The lowest BCUT2D eigenvalue weighted by molar-refractivity contribution is 0.321. The number of nitrogens with one attached hydrogen (secondary N) is 1. The average Bonchev–Trinajstić information content (AvgIpc) is 2.81. The standard InChI is InChI=1S/C15H26N2.C8H6FN.C6H6/c1-4-13-9-14(10-16)15(17)8-11(2)6-5-7-12(13)3;1-6-3-2-4-8(9)7(6)5-10;1-2-4-6-5-3-1/h8,10,12-13,16H,4-7,9,17H2,1-3H3;2-4H,1H3;1-6H/b11-8+,15-14-,16-10?;;/t12-,13-;;/m0../s1. The van der Waals surface area contributed by atoms with Crippen LogP contribution in [0.4, 0.5) is 4.39 Å². The van der Waals surface area contributed by atoms with Crippen molar-refractivity contribution in [2.75, 3.05) is 0 Å². The molecule has 0 saturated carbocycles. The number of halogens is 1. The van der Waals surface area contributed by atoms with E-state index in [2.05, 4.69) is 26.8 Å². The highest BCUT2D eigenvalue weighted by Crippen LogP contribution is 2.29. The van der Waals surface area contributed by atoms with Crippen molar-refractivity contribution in [3.8, 4) is 6.07 Å². The zero-order valence-corrected chi connectivity index (χ0v) is 20.4. The normalized spacial score (nSPS) is 22.1. The highest BCUT2D eigenvalue weighted by Gasteiger charge is 2.18. The summed E-state index contributed by atoms with van der Waals surface area (Å²) in [5, 5.41) is 15.9. The molecule has 3 rings (SSSR count). The Bertz CT molecular complexity index is 908. The molecule has 1 aliphatic carbocycles. The van der Waals surface area contributed by atoms with Gasteiger partial charge >= 0.3 is 0 Å². The minimum atomic E-state index is -0.442. The molecule has 176 valence electrons. The third-order valence-electron chi connectivity index (χ3n) is 5.99. The zero-order chi connectivity index (χ0) is 24.6. The van der Waals surface area contributed by atoms with E-state index in [0.717, 1.165) is 30.0 Å². The molecule has 0 amide bonds. The number of hydrogen-bond acceptors (Lipinski definition) is 3. The lowest BCUT2D eigenvalue weighted by Crippen LogP contribution is -2.15. The Morgan fingerprint density at radius 1 is 1.12 bits per heavy atom. The summed E-state index contributed by atoms with van der Waals surface area (Å²) in [5.41, 5.74) is 10.0. The van der Waals surface area contributed by atoms with E-state index in [1.54, 1.807) is 25.1 Å². The molecule has 3 nitrogen and oxygen atoms in total. The predicted molar refractivity (Wildman–Crippen MR) is 137 cm³/mol. The van der Waals surface area contributed by atoms with Crippen LogP contribution in [-0.2, 0) is 0 Å². The number of allylic oxidation sites excluding steroid dienone is 3. The quantitative estimate of drug-likeness (QED) is 0.462. The van der Waals surface area contributed by atoms with E-state index in [1.165, 1.54) is 37.1 Å². The maximum atomic E-state index is 12.6. The molecule has 2 atom stereocenters. The largest absolute Gasteiger partial charge is 0.398 e. The van der Waals surface area contributed by atoms with Crippen molar-refractivity contribution in [1.82, 2.24) is 0 Å². The van der Waals surface area contributed by atoms with Crippen LogP contribution in [0, 0.1) is 41.3 Å². The highest BCUT2D eigenvalue weighted by atomic mass is 19.1. The molecule has 3 N–H and O–H groups in total. The molecule has 0 spiro atoms. The number of rotatable bonds is 2. The Kier molecular flexibility index (Phi) is 13.2. The van der Waals surface area contributed by atoms with Crippen LogP contribution < -0.4 is 5.73 Å². The van der Waals surface area contributed by atoms with Crippen molar-refractivity contribution in [1.29, 1.82) is 10.7 Å². The first-order chi connectivity index (χ1) is 15.8. The summed E-state index contributed by atoms with van der Waals surface area (Å²) in [5.74, 6) is 0.952. The van der Waals surface area contributed by atoms with Gasteiger partial charge in [-0.1, -0.05) is 80.8 Å². The highest BCUT2D eigenvalue weighted by molar-refractivity contribution is 5.77. The van der Waals surface area contributed by atoms with E-state index < -0.39 is 5.82 Å². The number of hydrogen-bond donors (Lipinski definition) is 2. The average molecular weight is 448 g/mol. The van der Waals surface area contributed by atoms with Gasteiger partial charge in [-0.2, -0.15) is 5.26 Å². The molecule has 0 unspecified atom stereocenters. The molecule has 1 aliphatic rings. The number of nitrogens with two attached hydrogens (primary N) is 1. The molecule has 2 aromatic rings. The van der Waals surface area contributed by atoms with Crippen molar-refractivity contribution in [2.45, 2.75) is 59.8 Å². The van der Waals surface area contributed by atoms with Crippen molar-refractivity contribution >= 4 is 6.21 Å². The van der Waals surface area contributed by atoms with E-state index in [1.807, 2.05) is 36.4 Å². The molecule has 0 aliphatic heterocycles. The maximum Gasteiger partial charge on any atom is 0.141 e. The van der Waals surface area contributed by atoms with Crippen molar-refractivity contribution in [3.05, 3.63) is 94.5 Å². The summed E-state index contributed by atoms with van der Waals surface area (Å²) in [6, 6.07) is 18.4. The van der Waals surface area contributed by atoms with Crippen LogP contribution in [0.1, 0.15) is 64.0 Å². The van der Waals surface area contributed by atoms with Gasteiger partial charge in [0.15, 0.2) is 0 Å². The zero-order valence-electron chi connectivity index (χ0n) is 20.4. The third kappa shape index (κ3) is 10.3. The molecule has 0 fully saturated rings. The molecular weight excluding hydrogens is 409 g/mol. The molecule has 2 aromatic carbocycles. The van der Waals surface area contributed by atoms with Gasteiger partial charge in [0, 0.05) is 11.9 Å². The van der Waals surface area contributed by atoms with Gasteiger partial charge in [-0.3, -0.25) is 0 Å². The van der Waals surface area contributed by atoms with Crippen LogP contribution in [0.3, 0.4) is 0 Å². The second-order valence-electron chi connectivity index (χ2n) is 8.56. The van der Waals surface area contributed by atoms with Crippen molar-refractivity contribution < 1.29 is 4.39 Å². The van der Waals surface area contributed by atoms with Crippen LogP contribution in [-0.4, -0.2) is 6.21 Å². The molecule has 0 saturated heterocycles. The molecule has 0 aromatic heterocycles. The van der Waals surface area contributed by atoms with Gasteiger partial charge < -0.3 is 11.1 Å². The second kappa shape index (κ2) is 15.6. The first-order valence-electron chi connectivity index (χ1n) is 11.6. The van der Waals surface area contributed by atoms with Crippen LogP contribution in [0.15, 0.2) is 77.5 Å². The van der Waals surface area contributed by atoms with Gasteiger partial charge in [0.2, 0.25) is 0 Å². The molecule has 0 bridgehead atoms. The van der Waals surface area contributed by atoms with Gasteiger partial charge in [-0.05, 0) is 68.2 Å². The fraction of sp³-hybridized carbons (Fsp3) is 0.379. The van der Waals surface area contributed by atoms with E-state index in [0.29, 0.717) is 11.5 Å². The van der Waals surface area contributed by atoms with Crippen LogP contribution in [0.5, 0.6) is 0 Å². The minimum Gasteiger partial charge on any atom is -0.398 e. The molecule has 4 heteroatoms. The molecule has 0 heterocycles. The van der Waals surface area contributed by atoms with Gasteiger partial charge in [0.05, 0.1) is 5.56 Å². The molecular formula is C29H38FN3. The smallest absolute Gasteiger partial charge is 0.141 e. The monoisotopic (exact) mass is 447 g/mol. The van der Waals surface area contributed by atoms with E-state index in [9.17, 15) is 4.39 Å². The van der Waals surface area contributed by atoms with Crippen molar-refractivity contribution in [2.24, 2.45) is 17.6 Å². The predicted octanol–water partition coefficient (Wildman–Crippen LogP) is 7.72. The van der Waals surface area contributed by atoms with Gasteiger partial charge in [-0.15, -0.1) is 0 Å². The second-order valence-corrected chi connectivity index (χ2v) is 8.56. The first kappa shape index (κ1) is 27.8. The summed E-state index contributed by atoms with van der Waals surface area (Å²) >= 11 is 0. The van der Waals surface area contributed by atoms with E-state index in [4.69, 9.17) is 16.4 Å². The SMILES string of the molecule is CC[C@H]1C/C(C=N)=C(N)\C=C(/C)CCC[C@@H]1C.Cc1cccc(F)c1C#N.c1ccccc1. The van der Waals surface area contributed by atoms with Gasteiger partial charge in [-0.25, -0.2) is 4.39 Å². The number of benzene rings is 2. The fourth-order valence-corrected chi connectivity index (χ4v) is 3.82. The summed E-state index contributed by atoms with van der Waals surface area (Å²) in [7, 11) is 0. The summed E-state index contributed by atoms with van der Waals surface area (Å²) < 4.78 is 12.6. The van der Waals surface area contributed by atoms with Crippen LogP contribution in [0.2, 0.25) is 0 Å². The lowest BCUT2D eigenvalue weighted by Gasteiger charge is -2.24. The van der Waals surface area contributed by atoms with Gasteiger partial charge in [0.25, 0.3) is 0 Å². The van der Waals surface area contributed by atoms with Crippen LogP contribution >= 0.6 is 0 Å². The Labute approximate surface area is 199 Å². The van der Waals surface area contributed by atoms with E-state index >= 15 is 0 Å². The number of nitrogens with zero attached hydrogens (tertiary/aromatic N) is 1. The Morgan fingerprint density at radius 3 is 2.18 bits per heavy atom. The molecule has 0 radical (unpaired) electrons. The van der Waals surface area contributed by atoms with Gasteiger partial charge in [0.1, 0.15) is 11.9 Å². The first-order valence-corrected chi connectivity index (χ1v) is 11.6. The Hall–Kier alpha value is -3.19. The summed E-state index contributed by atoms with van der Waals surface area (Å²) in [4.78, 5) is 0. The third-order valence-corrected chi connectivity index (χ3v) is 5.99. The Balaban J connectivity index is 0.000000284. The van der Waals surface area contributed by atoms with Crippen molar-refractivity contribution in [3.63, 3.8) is 0 Å². The Morgan fingerprint density at radius 2 is 1.73 bits per heavy atom. The maximum absolute atomic E-state index is 12.6. The van der Waals surface area contributed by atoms with E-state index in [-0.39, 0.29) is 5.56 Å². The minimum absolute atomic E-state index is 0.141. The number of nitriles is 1. The number of aryl methyl sites for hydroxylation is 1. The van der Waals surface area contributed by atoms with Crippen LogP contribution in [0.25, 0.3) is 0 Å². The summed E-state index contributed by atoms with van der Waals surface area (Å²) in [6.45, 7) is 8.43. The fourth-order valence-electron chi connectivity index (χ4n) is 3.82. The summed E-state index contributed by atoms with van der Waals surface area (Å²) in [6.07, 6.45) is 9.30.